The zero-order valence-corrected chi connectivity index (χ0v) is 11.5. The Bertz CT molecular complexity index is 245. The minimum absolute atomic E-state index is 0.338. The molecular weight excluding hydrogens is 198 g/mol. The van der Waals surface area contributed by atoms with Gasteiger partial charge in [0.05, 0.1) is 6.61 Å². The van der Waals surface area contributed by atoms with Gasteiger partial charge in [-0.1, -0.05) is 32.4 Å². The van der Waals surface area contributed by atoms with E-state index in [1.165, 1.54) is 19.4 Å². The summed E-state index contributed by atoms with van der Waals surface area (Å²) in [5, 5.41) is 0. The molecule has 0 saturated carbocycles. The fraction of sp³-hybridized carbons (Fsp3) is 0.857. The molecule has 1 aliphatic rings. The Morgan fingerprint density at radius 2 is 2.19 bits per heavy atom. The highest BCUT2D eigenvalue weighted by atomic mass is 16.5. The predicted molar refractivity (Wildman–Crippen MR) is 69.7 cm³/mol. The first-order valence-corrected chi connectivity index (χ1v) is 6.46. The van der Waals surface area contributed by atoms with Crippen molar-refractivity contribution in [3.63, 3.8) is 0 Å². The van der Waals surface area contributed by atoms with Gasteiger partial charge in [0, 0.05) is 26.2 Å². The van der Waals surface area contributed by atoms with Crippen LogP contribution in [0.5, 0.6) is 0 Å². The van der Waals surface area contributed by atoms with E-state index >= 15 is 0 Å². The van der Waals surface area contributed by atoms with Crippen LogP contribution in [0.1, 0.15) is 40.5 Å². The lowest BCUT2D eigenvalue weighted by Gasteiger charge is -2.40. The SMILES string of the molecule is CCC(C)(C)C1=CCCN(CCOC)C1C. The molecule has 0 amide bonds. The molecule has 0 spiro atoms. The highest BCUT2D eigenvalue weighted by Crippen LogP contribution is 2.36. The zero-order valence-electron chi connectivity index (χ0n) is 11.5. The Balaban J connectivity index is 2.69. The third-order valence-corrected chi connectivity index (χ3v) is 4.03. The maximum atomic E-state index is 5.18. The van der Waals surface area contributed by atoms with E-state index in [9.17, 15) is 0 Å². The van der Waals surface area contributed by atoms with E-state index in [1.54, 1.807) is 12.7 Å². The Labute approximate surface area is 101 Å². The van der Waals surface area contributed by atoms with Crippen molar-refractivity contribution in [2.24, 2.45) is 5.41 Å². The molecule has 94 valence electrons. The first kappa shape index (κ1) is 13.7. The van der Waals surface area contributed by atoms with E-state index in [4.69, 9.17) is 4.74 Å². The number of nitrogens with zero attached hydrogens (tertiary/aromatic N) is 1. The van der Waals surface area contributed by atoms with Crippen molar-refractivity contribution in [2.45, 2.75) is 46.6 Å². The van der Waals surface area contributed by atoms with Gasteiger partial charge in [-0.15, -0.1) is 0 Å². The van der Waals surface area contributed by atoms with Crippen molar-refractivity contribution in [2.75, 3.05) is 26.8 Å². The molecule has 0 bridgehead atoms. The smallest absolute Gasteiger partial charge is 0.0589 e. The number of hydrogen-bond donors (Lipinski definition) is 0. The number of rotatable bonds is 5. The Hall–Kier alpha value is -0.340. The third kappa shape index (κ3) is 3.08. The quantitative estimate of drug-likeness (QED) is 0.667. The van der Waals surface area contributed by atoms with Crippen molar-refractivity contribution < 1.29 is 4.74 Å². The van der Waals surface area contributed by atoms with Crippen LogP contribution in [0.3, 0.4) is 0 Å². The molecule has 0 aliphatic carbocycles. The standard InChI is InChI=1S/C14H27NO/c1-6-14(3,4)13-8-7-9-15(12(13)2)10-11-16-5/h8,12H,6-7,9-11H2,1-5H3. The summed E-state index contributed by atoms with van der Waals surface area (Å²) in [5.41, 5.74) is 1.95. The molecule has 0 saturated heterocycles. The van der Waals surface area contributed by atoms with Crippen LogP contribution in [0.4, 0.5) is 0 Å². The molecule has 1 heterocycles. The second-order valence-electron chi connectivity index (χ2n) is 5.39. The highest BCUT2D eigenvalue weighted by molar-refractivity contribution is 5.20. The molecule has 2 nitrogen and oxygen atoms in total. The first-order valence-electron chi connectivity index (χ1n) is 6.46. The minimum atomic E-state index is 0.338. The molecule has 1 rings (SSSR count). The number of ether oxygens (including phenoxy) is 1. The van der Waals surface area contributed by atoms with Gasteiger partial charge in [0.2, 0.25) is 0 Å². The van der Waals surface area contributed by atoms with Gasteiger partial charge in [-0.25, -0.2) is 0 Å². The lowest BCUT2D eigenvalue weighted by atomic mass is 9.76. The van der Waals surface area contributed by atoms with E-state index in [-0.39, 0.29) is 0 Å². The van der Waals surface area contributed by atoms with Crippen molar-refractivity contribution >= 4 is 0 Å². The maximum Gasteiger partial charge on any atom is 0.0589 e. The van der Waals surface area contributed by atoms with Gasteiger partial charge in [-0.05, 0) is 25.2 Å². The lowest BCUT2D eigenvalue weighted by Crippen LogP contribution is -2.43. The van der Waals surface area contributed by atoms with E-state index in [2.05, 4.69) is 38.7 Å². The maximum absolute atomic E-state index is 5.18. The Morgan fingerprint density at radius 3 is 2.75 bits per heavy atom. The first-order chi connectivity index (χ1) is 7.53. The highest BCUT2D eigenvalue weighted by Gasteiger charge is 2.30. The molecule has 0 aromatic heterocycles. The summed E-state index contributed by atoms with van der Waals surface area (Å²) in [6, 6.07) is 0.568. The van der Waals surface area contributed by atoms with Crippen LogP contribution in [0.2, 0.25) is 0 Å². The average molecular weight is 225 g/mol. The van der Waals surface area contributed by atoms with E-state index in [0.717, 1.165) is 13.2 Å². The van der Waals surface area contributed by atoms with Crippen molar-refractivity contribution in [3.8, 4) is 0 Å². The molecule has 1 unspecified atom stereocenters. The minimum Gasteiger partial charge on any atom is -0.383 e. The van der Waals surface area contributed by atoms with Gasteiger partial charge in [-0.2, -0.15) is 0 Å². The van der Waals surface area contributed by atoms with E-state index in [0.29, 0.717) is 11.5 Å². The van der Waals surface area contributed by atoms with Crippen LogP contribution < -0.4 is 0 Å². The molecule has 1 aliphatic heterocycles. The van der Waals surface area contributed by atoms with Gasteiger partial charge in [0.25, 0.3) is 0 Å². The van der Waals surface area contributed by atoms with Crippen molar-refractivity contribution in [1.82, 2.24) is 4.90 Å². The fourth-order valence-corrected chi connectivity index (χ4v) is 2.51. The van der Waals surface area contributed by atoms with Gasteiger partial charge < -0.3 is 4.74 Å². The zero-order chi connectivity index (χ0) is 12.2. The Morgan fingerprint density at radius 1 is 1.50 bits per heavy atom. The molecular formula is C14H27NO. The fourth-order valence-electron chi connectivity index (χ4n) is 2.51. The normalized spacial score (nSPS) is 23.3. The van der Waals surface area contributed by atoms with Gasteiger partial charge in [0.1, 0.15) is 0 Å². The van der Waals surface area contributed by atoms with Crippen LogP contribution in [0.15, 0.2) is 11.6 Å². The summed E-state index contributed by atoms with van der Waals surface area (Å²) in [6.07, 6.45) is 4.85. The second kappa shape index (κ2) is 5.83. The van der Waals surface area contributed by atoms with Gasteiger partial charge in [0.15, 0.2) is 0 Å². The summed E-state index contributed by atoms with van der Waals surface area (Å²) in [7, 11) is 1.78. The molecule has 0 fully saturated rings. The second-order valence-corrected chi connectivity index (χ2v) is 5.39. The molecule has 0 N–H and O–H groups in total. The molecule has 0 aromatic rings. The van der Waals surface area contributed by atoms with Crippen LogP contribution in [0, 0.1) is 5.41 Å². The average Bonchev–Trinajstić information content (AvgIpc) is 2.27. The monoisotopic (exact) mass is 225 g/mol. The van der Waals surface area contributed by atoms with Crippen LogP contribution in [-0.4, -0.2) is 37.7 Å². The van der Waals surface area contributed by atoms with Crippen molar-refractivity contribution in [3.05, 3.63) is 11.6 Å². The summed E-state index contributed by atoms with van der Waals surface area (Å²) < 4.78 is 5.18. The number of methoxy groups -OCH3 is 1. The topological polar surface area (TPSA) is 12.5 Å². The number of hydrogen-bond acceptors (Lipinski definition) is 2. The van der Waals surface area contributed by atoms with Crippen LogP contribution in [-0.2, 0) is 4.74 Å². The van der Waals surface area contributed by atoms with Crippen molar-refractivity contribution in [1.29, 1.82) is 0 Å². The Kier molecular flexibility index (Phi) is 5.00. The van der Waals surface area contributed by atoms with Gasteiger partial charge >= 0.3 is 0 Å². The molecule has 16 heavy (non-hydrogen) atoms. The van der Waals surface area contributed by atoms with E-state index < -0.39 is 0 Å². The largest absolute Gasteiger partial charge is 0.383 e. The molecule has 2 heteroatoms. The third-order valence-electron chi connectivity index (χ3n) is 4.03. The van der Waals surface area contributed by atoms with E-state index in [1.807, 2.05) is 0 Å². The lowest BCUT2D eigenvalue weighted by molar-refractivity contribution is 0.123. The molecule has 0 radical (unpaired) electrons. The summed E-state index contributed by atoms with van der Waals surface area (Å²) in [4.78, 5) is 2.54. The van der Waals surface area contributed by atoms with Gasteiger partial charge in [-0.3, -0.25) is 4.90 Å². The summed E-state index contributed by atoms with van der Waals surface area (Å²) in [5.74, 6) is 0. The van der Waals surface area contributed by atoms with Crippen LogP contribution in [0.25, 0.3) is 0 Å². The summed E-state index contributed by atoms with van der Waals surface area (Å²) in [6.45, 7) is 12.4. The molecule has 0 aromatic carbocycles. The predicted octanol–water partition coefficient (Wildman–Crippen LogP) is 3.09. The van der Waals surface area contributed by atoms with Crippen LogP contribution >= 0.6 is 0 Å². The summed E-state index contributed by atoms with van der Waals surface area (Å²) >= 11 is 0. The molecule has 1 atom stereocenters.